The van der Waals surface area contributed by atoms with Crippen molar-refractivity contribution in [1.29, 1.82) is 0 Å². The standard InChI is InChI=1S/C16H17NO2/c1-16(2,3)19-15(18)9-8-12-10-13-6-4-5-7-14(13)17-11-12/h4-11H,1-3H3/b9-8+. The van der Waals surface area contributed by atoms with Gasteiger partial charge in [0.1, 0.15) is 5.60 Å². The number of aromatic nitrogens is 1. The number of para-hydroxylation sites is 1. The van der Waals surface area contributed by atoms with Crippen molar-refractivity contribution in [2.45, 2.75) is 26.4 Å². The molecule has 2 aromatic rings. The van der Waals surface area contributed by atoms with Crippen molar-refractivity contribution in [1.82, 2.24) is 4.98 Å². The normalized spacial score (nSPS) is 11.9. The molecule has 1 aromatic carbocycles. The molecule has 0 saturated carbocycles. The minimum Gasteiger partial charge on any atom is -0.457 e. The van der Waals surface area contributed by atoms with E-state index in [2.05, 4.69) is 4.98 Å². The van der Waals surface area contributed by atoms with E-state index in [1.54, 1.807) is 12.3 Å². The van der Waals surface area contributed by atoms with Crippen LogP contribution in [0.1, 0.15) is 26.3 Å². The quantitative estimate of drug-likeness (QED) is 0.608. The van der Waals surface area contributed by atoms with Gasteiger partial charge in [0.15, 0.2) is 0 Å². The first-order valence-corrected chi connectivity index (χ1v) is 6.20. The molecule has 3 nitrogen and oxygen atoms in total. The monoisotopic (exact) mass is 255 g/mol. The Morgan fingerprint density at radius 3 is 2.74 bits per heavy atom. The Balaban J connectivity index is 2.15. The molecule has 0 bridgehead atoms. The van der Waals surface area contributed by atoms with Crippen LogP contribution in [-0.4, -0.2) is 16.6 Å². The molecule has 1 aromatic heterocycles. The maximum Gasteiger partial charge on any atom is 0.331 e. The number of nitrogens with zero attached hydrogens (tertiary/aromatic N) is 1. The highest BCUT2D eigenvalue weighted by Gasteiger charge is 2.13. The Kier molecular flexibility index (Phi) is 3.65. The van der Waals surface area contributed by atoms with Gasteiger partial charge in [0.25, 0.3) is 0 Å². The third-order valence-electron chi connectivity index (χ3n) is 2.43. The smallest absolute Gasteiger partial charge is 0.331 e. The summed E-state index contributed by atoms with van der Waals surface area (Å²) in [7, 11) is 0. The molecule has 0 unspecified atom stereocenters. The van der Waals surface area contributed by atoms with Crippen LogP contribution in [0.4, 0.5) is 0 Å². The van der Waals surface area contributed by atoms with E-state index < -0.39 is 5.60 Å². The Hall–Kier alpha value is -2.16. The molecule has 0 aliphatic carbocycles. The zero-order valence-corrected chi connectivity index (χ0v) is 11.4. The first-order chi connectivity index (χ1) is 8.94. The van der Waals surface area contributed by atoms with Gasteiger partial charge >= 0.3 is 5.97 Å². The van der Waals surface area contributed by atoms with Crippen LogP contribution in [0.3, 0.4) is 0 Å². The van der Waals surface area contributed by atoms with Gasteiger partial charge < -0.3 is 4.74 Å². The number of esters is 1. The molecule has 1 heterocycles. The summed E-state index contributed by atoms with van der Waals surface area (Å²) in [5.41, 5.74) is 1.35. The lowest BCUT2D eigenvalue weighted by Crippen LogP contribution is -2.22. The topological polar surface area (TPSA) is 39.2 Å². The molecule has 0 N–H and O–H groups in total. The van der Waals surface area contributed by atoms with Gasteiger partial charge in [0, 0.05) is 17.7 Å². The lowest BCUT2D eigenvalue weighted by atomic mass is 10.1. The Morgan fingerprint density at radius 2 is 2.00 bits per heavy atom. The van der Waals surface area contributed by atoms with Crippen molar-refractivity contribution < 1.29 is 9.53 Å². The van der Waals surface area contributed by atoms with E-state index in [9.17, 15) is 4.79 Å². The molecule has 0 amide bonds. The maximum atomic E-state index is 11.6. The highest BCUT2D eigenvalue weighted by atomic mass is 16.6. The van der Waals surface area contributed by atoms with Crippen LogP contribution in [0.2, 0.25) is 0 Å². The lowest BCUT2D eigenvalue weighted by Gasteiger charge is -2.17. The number of ether oxygens (including phenoxy) is 1. The van der Waals surface area contributed by atoms with Gasteiger partial charge in [-0.1, -0.05) is 18.2 Å². The first kappa shape index (κ1) is 13.3. The van der Waals surface area contributed by atoms with Gasteiger partial charge in [-0.2, -0.15) is 0 Å². The Bertz CT molecular complexity index is 624. The summed E-state index contributed by atoms with van der Waals surface area (Å²) in [6, 6.07) is 9.85. The van der Waals surface area contributed by atoms with E-state index >= 15 is 0 Å². The first-order valence-electron chi connectivity index (χ1n) is 6.20. The van der Waals surface area contributed by atoms with E-state index in [1.807, 2.05) is 51.1 Å². The largest absolute Gasteiger partial charge is 0.457 e. The molecule has 0 spiro atoms. The summed E-state index contributed by atoms with van der Waals surface area (Å²) in [6.45, 7) is 5.53. The number of fused-ring (bicyclic) bond motifs is 1. The molecule has 98 valence electrons. The third kappa shape index (κ3) is 3.91. The second-order valence-electron chi connectivity index (χ2n) is 5.33. The lowest BCUT2D eigenvalue weighted by molar-refractivity contribution is -0.148. The molecule has 0 fully saturated rings. The Labute approximate surface area is 112 Å². The molecule has 0 saturated heterocycles. The highest BCUT2D eigenvalue weighted by molar-refractivity contribution is 5.88. The zero-order chi connectivity index (χ0) is 13.9. The molecule has 0 radical (unpaired) electrons. The number of pyridine rings is 1. The fourth-order valence-electron chi connectivity index (χ4n) is 1.68. The van der Waals surface area contributed by atoms with Crippen molar-refractivity contribution in [2.24, 2.45) is 0 Å². The van der Waals surface area contributed by atoms with Crippen LogP contribution in [-0.2, 0) is 9.53 Å². The number of benzene rings is 1. The summed E-state index contributed by atoms with van der Waals surface area (Å²) >= 11 is 0. The van der Waals surface area contributed by atoms with Crippen LogP contribution in [0.15, 0.2) is 42.6 Å². The molecule has 19 heavy (non-hydrogen) atoms. The molecule has 2 rings (SSSR count). The van der Waals surface area contributed by atoms with Crippen LogP contribution in [0.25, 0.3) is 17.0 Å². The summed E-state index contributed by atoms with van der Waals surface area (Å²) in [5.74, 6) is -0.347. The van der Waals surface area contributed by atoms with Crippen molar-refractivity contribution in [3.8, 4) is 0 Å². The summed E-state index contributed by atoms with van der Waals surface area (Å²) < 4.78 is 5.20. The van der Waals surface area contributed by atoms with Crippen LogP contribution >= 0.6 is 0 Å². The predicted octanol–water partition coefficient (Wildman–Crippen LogP) is 3.59. The summed E-state index contributed by atoms with van der Waals surface area (Å²) in [4.78, 5) is 15.9. The zero-order valence-electron chi connectivity index (χ0n) is 11.4. The summed E-state index contributed by atoms with van der Waals surface area (Å²) in [6.07, 6.45) is 4.88. The number of hydrogen-bond donors (Lipinski definition) is 0. The van der Waals surface area contributed by atoms with Gasteiger partial charge in [0.05, 0.1) is 5.52 Å². The van der Waals surface area contributed by atoms with E-state index in [0.717, 1.165) is 16.5 Å². The Morgan fingerprint density at radius 1 is 1.26 bits per heavy atom. The molecule has 0 atom stereocenters. The fraction of sp³-hybridized carbons (Fsp3) is 0.250. The van der Waals surface area contributed by atoms with Gasteiger partial charge in [-0.05, 0) is 44.5 Å². The predicted molar refractivity (Wildman–Crippen MR) is 76.6 cm³/mol. The van der Waals surface area contributed by atoms with E-state index in [1.165, 1.54) is 6.08 Å². The maximum absolute atomic E-state index is 11.6. The van der Waals surface area contributed by atoms with Crippen molar-refractivity contribution in [3.05, 3.63) is 48.2 Å². The number of carbonyl (C=O) groups is 1. The molecule has 0 aliphatic heterocycles. The number of rotatable bonds is 2. The highest BCUT2D eigenvalue weighted by Crippen LogP contribution is 2.14. The van der Waals surface area contributed by atoms with Crippen molar-refractivity contribution in [2.75, 3.05) is 0 Å². The fourth-order valence-corrected chi connectivity index (χ4v) is 1.68. The average Bonchev–Trinajstić information content (AvgIpc) is 2.34. The van der Waals surface area contributed by atoms with Gasteiger partial charge in [0.2, 0.25) is 0 Å². The molecule has 3 heteroatoms. The second kappa shape index (κ2) is 5.22. The van der Waals surface area contributed by atoms with Crippen molar-refractivity contribution >= 4 is 22.9 Å². The number of hydrogen-bond acceptors (Lipinski definition) is 3. The van der Waals surface area contributed by atoms with Gasteiger partial charge in [-0.25, -0.2) is 4.79 Å². The van der Waals surface area contributed by atoms with E-state index in [0.29, 0.717) is 0 Å². The van der Waals surface area contributed by atoms with E-state index in [4.69, 9.17) is 4.74 Å². The molecule has 0 aliphatic rings. The number of carbonyl (C=O) groups excluding carboxylic acids is 1. The average molecular weight is 255 g/mol. The minimum absolute atomic E-state index is 0.347. The van der Waals surface area contributed by atoms with Crippen molar-refractivity contribution in [3.63, 3.8) is 0 Å². The molecular formula is C16H17NO2. The minimum atomic E-state index is -0.469. The van der Waals surface area contributed by atoms with Crippen LogP contribution < -0.4 is 0 Å². The van der Waals surface area contributed by atoms with Gasteiger partial charge in [-0.3, -0.25) is 4.98 Å². The third-order valence-corrected chi connectivity index (χ3v) is 2.43. The van der Waals surface area contributed by atoms with Gasteiger partial charge in [-0.15, -0.1) is 0 Å². The second-order valence-corrected chi connectivity index (χ2v) is 5.33. The van der Waals surface area contributed by atoms with E-state index in [-0.39, 0.29) is 5.97 Å². The SMILES string of the molecule is CC(C)(C)OC(=O)/C=C/c1cnc2ccccc2c1. The van der Waals surface area contributed by atoms with Crippen LogP contribution in [0, 0.1) is 0 Å². The van der Waals surface area contributed by atoms with Crippen LogP contribution in [0.5, 0.6) is 0 Å². The molecular weight excluding hydrogens is 238 g/mol. The summed E-state index contributed by atoms with van der Waals surface area (Å²) in [5, 5.41) is 1.05.